The molecule has 1 atom stereocenters. The third kappa shape index (κ3) is 3.99. The highest BCUT2D eigenvalue weighted by molar-refractivity contribution is 7.91. The zero-order chi connectivity index (χ0) is 12.8. The minimum Gasteiger partial charge on any atom is -0.227 e. The van der Waals surface area contributed by atoms with E-state index in [1.807, 2.05) is 13.8 Å². The van der Waals surface area contributed by atoms with E-state index in [9.17, 15) is 12.8 Å². The van der Waals surface area contributed by atoms with Crippen LogP contribution < -0.4 is 0 Å². The Hall–Kier alpha value is -1.41. The molecule has 1 unspecified atom stereocenters. The average Bonchev–Trinajstić information content (AvgIpc) is 2.23. The van der Waals surface area contributed by atoms with Crippen molar-refractivity contribution in [2.75, 3.05) is 6.26 Å². The number of hydrogen-bond acceptors (Lipinski definition) is 3. The zero-order valence-corrected chi connectivity index (χ0v) is 10.3. The molecule has 1 rings (SSSR count). The number of benzene rings is 1. The van der Waals surface area contributed by atoms with Gasteiger partial charge in [-0.15, -0.1) is 0 Å². The summed E-state index contributed by atoms with van der Waals surface area (Å²) in [5.74, 6) is -0.459. The van der Waals surface area contributed by atoms with Crippen LogP contribution in [0.5, 0.6) is 0 Å². The Morgan fingerprint density at radius 1 is 1.25 bits per heavy atom. The molecule has 0 N–H and O–H groups in total. The average molecular weight is 243 g/mol. The van der Waals surface area contributed by atoms with Gasteiger partial charge in [0.15, 0.2) is 15.1 Å². The van der Waals surface area contributed by atoms with Crippen LogP contribution in [0.3, 0.4) is 0 Å². The molecule has 16 heavy (non-hydrogen) atoms. The Morgan fingerprint density at radius 3 is 2.00 bits per heavy atom. The predicted molar refractivity (Wildman–Crippen MR) is 60.9 cm³/mol. The summed E-state index contributed by atoms with van der Waals surface area (Å²) in [4.78, 5) is 0. The highest BCUT2D eigenvalue weighted by Crippen LogP contribution is 2.20. The summed E-state index contributed by atoms with van der Waals surface area (Å²) < 4.78 is 34.8. The fourth-order valence-corrected chi connectivity index (χ4v) is 1.90. The van der Waals surface area contributed by atoms with E-state index in [-0.39, 0.29) is 5.56 Å². The number of nitriles is 1. The van der Waals surface area contributed by atoms with Gasteiger partial charge in [0.2, 0.25) is 0 Å². The normalized spacial score (nSPS) is 11.9. The standard InChI is InChI=1S/C9H8FNO2S.C2H6/c1-14(12,13)9(6-11)7-2-4-8(10)5-3-7;1-2/h2-5,9H,1H3;1-2H3. The maximum Gasteiger partial charge on any atom is 0.172 e. The second-order valence-corrected chi connectivity index (χ2v) is 5.02. The van der Waals surface area contributed by atoms with Gasteiger partial charge in [-0.05, 0) is 17.7 Å². The van der Waals surface area contributed by atoms with Crippen LogP contribution in [0.15, 0.2) is 24.3 Å². The Balaban J connectivity index is 0.00000106. The topological polar surface area (TPSA) is 57.9 Å². The lowest BCUT2D eigenvalue weighted by molar-refractivity contribution is 0.596. The van der Waals surface area contributed by atoms with Crippen molar-refractivity contribution in [3.63, 3.8) is 0 Å². The minimum atomic E-state index is -3.46. The van der Waals surface area contributed by atoms with Crippen molar-refractivity contribution < 1.29 is 12.8 Å². The van der Waals surface area contributed by atoms with Gasteiger partial charge in [-0.3, -0.25) is 0 Å². The summed E-state index contributed by atoms with van der Waals surface area (Å²) in [5, 5.41) is 7.44. The second kappa shape index (κ2) is 6.23. The van der Waals surface area contributed by atoms with Gasteiger partial charge in [-0.1, -0.05) is 26.0 Å². The Kier molecular flexibility index (Phi) is 5.68. The molecule has 88 valence electrons. The van der Waals surface area contributed by atoms with E-state index in [1.165, 1.54) is 12.1 Å². The summed E-state index contributed by atoms with van der Waals surface area (Å²) in [7, 11) is -3.46. The third-order valence-corrected chi connectivity index (χ3v) is 2.95. The lowest BCUT2D eigenvalue weighted by Gasteiger charge is -2.06. The highest BCUT2D eigenvalue weighted by atomic mass is 32.2. The molecule has 0 amide bonds. The van der Waals surface area contributed by atoms with Crippen LogP contribution in [-0.2, 0) is 9.84 Å². The molecular weight excluding hydrogens is 229 g/mol. The molecule has 0 radical (unpaired) electrons. The van der Waals surface area contributed by atoms with Crippen molar-refractivity contribution >= 4 is 9.84 Å². The molecule has 1 aromatic carbocycles. The molecule has 0 bridgehead atoms. The van der Waals surface area contributed by atoms with Crippen molar-refractivity contribution in [3.05, 3.63) is 35.6 Å². The largest absolute Gasteiger partial charge is 0.227 e. The van der Waals surface area contributed by atoms with Crippen LogP contribution in [0.1, 0.15) is 24.7 Å². The van der Waals surface area contributed by atoms with Crippen molar-refractivity contribution in [3.8, 4) is 6.07 Å². The van der Waals surface area contributed by atoms with Gasteiger partial charge in [-0.2, -0.15) is 5.26 Å². The molecule has 0 aliphatic rings. The van der Waals surface area contributed by atoms with E-state index in [1.54, 1.807) is 6.07 Å². The van der Waals surface area contributed by atoms with E-state index < -0.39 is 20.9 Å². The first-order valence-electron chi connectivity index (χ1n) is 4.79. The molecule has 0 aromatic heterocycles. The van der Waals surface area contributed by atoms with Gasteiger partial charge < -0.3 is 0 Å². The van der Waals surface area contributed by atoms with Crippen LogP contribution in [0, 0.1) is 17.1 Å². The monoisotopic (exact) mass is 243 g/mol. The van der Waals surface area contributed by atoms with E-state index in [0.29, 0.717) is 0 Å². The molecule has 0 saturated carbocycles. The van der Waals surface area contributed by atoms with E-state index >= 15 is 0 Å². The predicted octanol–water partition coefficient (Wildman–Crippen LogP) is 2.46. The lowest BCUT2D eigenvalue weighted by atomic mass is 10.2. The van der Waals surface area contributed by atoms with Crippen molar-refractivity contribution in [2.24, 2.45) is 0 Å². The van der Waals surface area contributed by atoms with Gasteiger partial charge in [0.05, 0.1) is 6.07 Å². The number of rotatable bonds is 2. The number of hydrogen-bond donors (Lipinski definition) is 0. The smallest absolute Gasteiger partial charge is 0.172 e. The first kappa shape index (κ1) is 14.6. The third-order valence-electron chi connectivity index (χ3n) is 1.72. The van der Waals surface area contributed by atoms with Crippen LogP contribution in [0.25, 0.3) is 0 Å². The van der Waals surface area contributed by atoms with Crippen LogP contribution in [-0.4, -0.2) is 14.7 Å². The van der Waals surface area contributed by atoms with E-state index in [4.69, 9.17) is 5.26 Å². The second-order valence-electron chi connectivity index (χ2n) is 2.89. The van der Waals surface area contributed by atoms with E-state index in [2.05, 4.69) is 0 Å². The highest BCUT2D eigenvalue weighted by Gasteiger charge is 2.21. The summed E-state index contributed by atoms with van der Waals surface area (Å²) in [5.41, 5.74) is 0.288. The molecular formula is C11H14FNO2S. The van der Waals surface area contributed by atoms with Crippen molar-refractivity contribution in [1.82, 2.24) is 0 Å². The number of sulfone groups is 1. The van der Waals surface area contributed by atoms with E-state index in [0.717, 1.165) is 18.4 Å². The van der Waals surface area contributed by atoms with Crippen LogP contribution in [0.2, 0.25) is 0 Å². The molecule has 3 nitrogen and oxygen atoms in total. The molecule has 0 saturated heterocycles. The lowest BCUT2D eigenvalue weighted by Crippen LogP contribution is -2.09. The van der Waals surface area contributed by atoms with Gasteiger partial charge in [0.25, 0.3) is 0 Å². The maximum absolute atomic E-state index is 12.5. The quantitative estimate of drug-likeness (QED) is 0.801. The SMILES string of the molecule is CC.CS(=O)(=O)C(C#N)c1ccc(F)cc1. The van der Waals surface area contributed by atoms with Gasteiger partial charge in [0, 0.05) is 6.26 Å². The first-order valence-corrected chi connectivity index (χ1v) is 6.74. The van der Waals surface area contributed by atoms with Crippen LogP contribution >= 0.6 is 0 Å². The number of halogens is 1. The van der Waals surface area contributed by atoms with Gasteiger partial charge in [-0.25, -0.2) is 12.8 Å². The fourth-order valence-electron chi connectivity index (χ4n) is 1.06. The molecule has 1 aromatic rings. The first-order chi connectivity index (χ1) is 7.45. The molecule has 0 aliphatic carbocycles. The molecule has 0 aliphatic heterocycles. The Morgan fingerprint density at radius 2 is 1.69 bits per heavy atom. The summed E-state index contributed by atoms with van der Waals surface area (Å²) >= 11 is 0. The maximum atomic E-state index is 12.5. The summed E-state index contributed by atoms with van der Waals surface area (Å²) in [6, 6.07) is 6.52. The van der Waals surface area contributed by atoms with Crippen molar-refractivity contribution in [1.29, 1.82) is 5.26 Å². The van der Waals surface area contributed by atoms with Gasteiger partial charge >= 0.3 is 0 Å². The van der Waals surface area contributed by atoms with Crippen LogP contribution in [0.4, 0.5) is 4.39 Å². The van der Waals surface area contributed by atoms with Crippen molar-refractivity contribution in [2.45, 2.75) is 19.1 Å². The summed E-state index contributed by atoms with van der Waals surface area (Å²) in [6.07, 6.45) is 0.976. The molecule has 5 heteroatoms. The Labute approximate surface area is 95.4 Å². The minimum absolute atomic E-state index is 0.288. The Bertz CT molecular complexity index is 460. The summed E-state index contributed by atoms with van der Waals surface area (Å²) in [6.45, 7) is 4.00. The number of nitrogens with zero attached hydrogens (tertiary/aromatic N) is 1. The fraction of sp³-hybridized carbons (Fsp3) is 0.364. The molecule has 0 fully saturated rings. The zero-order valence-electron chi connectivity index (χ0n) is 9.44. The molecule has 0 heterocycles. The van der Waals surface area contributed by atoms with Gasteiger partial charge in [0.1, 0.15) is 5.82 Å². The molecule has 0 spiro atoms.